The van der Waals surface area contributed by atoms with Crippen LogP contribution in [0.1, 0.15) is 0 Å². The summed E-state index contributed by atoms with van der Waals surface area (Å²) in [6.07, 6.45) is 0. The first-order valence-corrected chi connectivity index (χ1v) is 19.9. The molecule has 0 aromatic heterocycles. The van der Waals surface area contributed by atoms with Crippen LogP contribution in [0.25, 0.3) is 97.0 Å². The Hall–Kier alpha value is -7.44. The lowest BCUT2D eigenvalue weighted by Gasteiger charge is -2.15. The second-order valence-corrected chi connectivity index (χ2v) is 14.9. The van der Waals surface area contributed by atoms with Crippen LogP contribution in [0.4, 0.5) is 0 Å². The largest absolute Gasteiger partial charge is 0.493 e. The van der Waals surface area contributed by atoms with E-state index in [9.17, 15) is 0 Å². The van der Waals surface area contributed by atoms with E-state index in [0.29, 0.717) is 34.5 Å². The first kappa shape index (κ1) is 36.9. The third-order valence-corrected chi connectivity index (χ3v) is 12.0. The van der Waals surface area contributed by atoms with Gasteiger partial charge >= 0.3 is 0 Å². The number of hydrogen-bond donors (Lipinski definition) is 0. The Kier molecular flexibility index (Phi) is 9.06. The number of methoxy groups -OCH3 is 6. The van der Waals surface area contributed by atoms with Crippen LogP contribution in [-0.2, 0) is 0 Å². The Morgan fingerprint density at radius 3 is 0.717 bits per heavy atom. The van der Waals surface area contributed by atoms with E-state index in [1.165, 1.54) is 0 Å². The van der Waals surface area contributed by atoms with Gasteiger partial charge in [-0.3, -0.25) is 0 Å². The van der Waals surface area contributed by atoms with E-state index < -0.39 is 0 Å². The monoisotopic (exact) mass is 786 g/mol. The Balaban J connectivity index is 1.53. The number of ether oxygens (including phenoxy) is 6. The minimum Gasteiger partial charge on any atom is -0.493 e. The number of benzene rings is 9. The molecule has 0 saturated carbocycles. The third kappa shape index (κ3) is 5.63. The van der Waals surface area contributed by atoms with Gasteiger partial charge in [0.2, 0.25) is 0 Å². The predicted molar refractivity (Wildman–Crippen MR) is 250 cm³/mol. The first-order chi connectivity index (χ1) is 29.5. The van der Waals surface area contributed by atoms with Crippen LogP contribution in [-0.4, -0.2) is 42.7 Å². The van der Waals surface area contributed by atoms with Crippen molar-refractivity contribution in [2.75, 3.05) is 42.7 Å². The summed E-state index contributed by atoms with van der Waals surface area (Å²) in [4.78, 5) is 0. The van der Waals surface area contributed by atoms with Gasteiger partial charge in [0, 0.05) is 16.2 Å². The van der Waals surface area contributed by atoms with Crippen LogP contribution in [0.5, 0.6) is 34.5 Å². The van der Waals surface area contributed by atoms with Crippen molar-refractivity contribution in [2.24, 2.45) is 0 Å². The normalized spacial score (nSPS) is 11.5. The highest BCUT2D eigenvalue weighted by atomic mass is 16.5. The Labute approximate surface area is 347 Å². The fourth-order valence-electron chi connectivity index (χ4n) is 9.28. The van der Waals surface area contributed by atoms with Crippen LogP contribution in [0.3, 0.4) is 0 Å². The summed E-state index contributed by atoms with van der Waals surface area (Å²) < 4.78 is 36.6. The van der Waals surface area contributed by atoms with Gasteiger partial charge in [0.25, 0.3) is 0 Å². The summed E-state index contributed by atoms with van der Waals surface area (Å²) in [5.41, 5.74) is 0. The molecule has 0 aliphatic rings. The average molecular weight is 787 g/mol. The van der Waals surface area contributed by atoms with Gasteiger partial charge in [-0.1, -0.05) is 91.0 Å². The zero-order chi connectivity index (χ0) is 41.1. The zero-order valence-electron chi connectivity index (χ0n) is 34.3. The molecule has 6 nitrogen and oxygen atoms in total. The number of rotatable bonds is 6. The summed E-state index contributed by atoms with van der Waals surface area (Å²) in [7, 11) is 10.2. The fourth-order valence-corrected chi connectivity index (χ4v) is 9.28. The van der Waals surface area contributed by atoms with Crippen LogP contribution in [0.15, 0.2) is 146 Å². The van der Waals surface area contributed by atoms with E-state index in [1.807, 2.05) is 0 Å². The Morgan fingerprint density at radius 2 is 0.467 bits per heavy atom. The average Bonchev–Trinajstić information content (AvgIpc) is 3.30. The molecule has 294 valence electrons. The van der Waals surface area contributed by atoms with Gasteiger partial charge in [-0.05, 0) is 135 Å². The highest BCUT2D eigenvalue weighted by molar-refractivity contribution is 6.24. The fraction of sp³-hybridized carbons (Fsp3) is 0.111. The first-order valence-electron chi connectivity index (χ1n) is 19.9. The molecule has 0 aliphatic heterocycles. The van der Waals surface area contributed by atoms with Crippen LogP contribution in [0.2, 0.25) is 0 Å². The minimum atomic E-state index is 0.654. The van der Waals surface area contributed by atoms with Crippen molar-refractivity contribution in [2.45, 2.75) is 0 Å². The molecule has 0 aliphatic carbocycles. The minimum absolute atomic E-state index is 0.654. The molecule has 0 N–H and O–H groups in total. The predicted octanol–water partition coefficient (Wildman–Crippen LogP) is 13.8. The lowest BCUT2D eigenvalue weighted by atomic mass is 9.94. The second kappa shape index (κ2) is 14.7. The summed E-state index contributed by atoms with van der Waals surface area (Å²) >= 11 is 0. The van der Waals surface area contributed by atoms with Gasteiger partial charge in [0.15, 0.2) is 34.5 Å². The van der Waals surface area contributed by atoms with Gasteiger partial charge in [-0.2, -0.15) is 0 Å². The highest BCUT2D eigenvalue weighted by Crippen LogP contribution is 2.46. The molecule has 0 radical (unpaired) electrons. The maximum atomic E-state index is 6.18. The highest BCUT2D eigenvalue weighted by Gasteiger charge is 2.18. The molecule has 0 heterocycles. The van der Waals surface area contributed by atoms with Crippen molar-refractivity contribution in [1.29, 1.82) is 0 Å². The maximum absolute atomic E-state index is 6.18. The second-order valence-electron chi connectivity index (χ2n) is 14.9. The summed E-state index contributed by atoms with van der Waals surface area (Å²) in [6.45, 7) is 0. The molecule has 0 spiro atoms. The molecule has 10 aromatic rings. The molecule has 6 bridgehead atoms. The number of fused-ring (bicyclic) bond motifs is 12. The molecule has 0 unspecified atom stereocenters. The van der Waals surface area contributed by atoms with Gasteiger partial charge in [-0.15, -0.1) is 0 Å². The Bertz CT molecular complexity index is 3150. The number of hydrogen-bond acceptors (Lipinski definition) is 6. The molecule has 0 saturated heterocycles. The Morgan fingerprint density at radius 1 is 0.217 bits per heavy atom. The van der Waals surface area contributed by atoms with Crippen molar-refractivity contribution < 1.29 is 28.4 Å². The van der Waals surface area contributed by atoms with Crippen LogP contribution in [0, 0.1) is 0 Å². The molecule has 10 rings (SSSR count). The topological polar surface area (TPSA) is 55.4 Å². The molecule has 60 heavy (non-hydrogen) atoms. The molecular formula is C54H42O6. The lowest BCUT2D eigenvalue weighted by molar-refractivity contribution is 0.359. The zero-order valence-corrected chi connectivity index (χ0v) is 34.3. The summed E-state index contributed by atoms with van der Waals surface area (Å²) in [5.74, 6) is 3.93. The van der Waals surface area contributed by atoms with E-state index in [-0.39, 0.29) is 0 Å². The van der Waals surface area contributed by atoms with Gasteiger partial charge in [-0.25, -0.2) is 0 Å². The SMILES string of the molecule is COc1cc2c3cc(ccc4c(OC)c(OC)cc5c4cc(ccc4c(OC)c(OC)cc6c4cc(ccc3c1OC)c1ccccc16)c1ccccc15)c1ccccc12. The molecule has 0 amide bonds. The van der Waals surface area contributed by atoms with Crippen molar-refractivity contribution in [3.8, 4) is 34.5 Å². The maximum Gasteiger partial charge on any atom is 0.168 e. The van der Waals surface area contributed by atoms with E-state index in [2.05, 4.69) is 146 Å². The van der Waals surface area contributed by atoms with Gasteiger partial charge in [0.05, 0.1) is 42.7 Å². The van der Waals surface area contributed by atoms with Crippen molar-refractivity contribution in [1.82, 2.24) is 0 Å². The molecule has 0 atom stereocenters. The third-order valence-electron chi connectivity index (χ3n) is 12.0. The molecular weight excluding hydrogens is 745 g/mol. The summed E-state index contributed by atoms with van der Waals surface area (Å²) in [6, 6.07) is 51.6. The lowest BCUT2D eigenvalue weighted by Crippen LogP contribution is -1.93. The van der Waals surface area contributed by atoms with E-state index >= 15 is 0 Å². The van der Waals surface area contributed by atoms with E-state index in [4.69, 9.17) is 28.4 Å². The molecule has 0 fully saturated rings. The quantitative estimate of drug-likeness (QED) is 0.157. The molecule has 6 heteroatoms. The van der Waals surface area contributed by atoms with Crippen LogP contribution < -0.4 is 28.4 Å². The smallest absolute Gasteiger partial charge is 0.168 e. The van der Waals surface area contributed by atoms with Gasteiger partial charge in [0.1, 0.15) is 0 Å². The van der Waals surface area contributed by atoms with E-state index in [1.54, 1.807) is 42.7 Å². The van der Waals surface area contributed by atoms with E-state index in [0.717, 1.165) is 97.0 Å². The van der Waals surface area contributed by atoms with Crippen molar-refractivity contribution in [3.05, 3.63) is 146 Å². The van der Waals surface area contributed by atoms with Crippen LogP contribution >= 0.6 is 0 Å². The van der Waals surface area contributed by atoms with Gasteiger partial charge < -0.3 is 28.4 Å². The van der Waals surface area contributed by atoms with Crippen molar-refractivity contribution in [3.63, 3.8) is 0 Å². The summed E-state index contributed by atoms with van der Waals surface area (Å²) in [5, 5.41) is 18.7. The standard InChI is InChI=1S/C54H42O6/c1-55-49-28-46-37-16-10-7-13-34(37)32-20-23-41-45-27-33(36-15-9-12-18-39(36)48(45)30-51(57-3)53(41)59-5)21-24-42-44-26-31(19-22-40(43(46)25-32)52(49)58-4)35-14-8-11-17-38(35)47(44)29-50(56-2)54(42)60-6/h7-30H,1-6H3. The van der Waals surface area contributed by atoms with Crippen molar-refractivity contribution >= 4 is 97.0 Å². The molecule has 10 aromatic carbocycles.